The van der Waals surface area contributed by atoms with E-state index in [9.17, 15) is 14.9 Å². The zero-order valence-electron chi connectivity index (χ0n) is 18.2. The number of piperidine rings is 1. The highest BCUT2D eigenvalue weighted by molar-refractivity contribution is 5.95. The molecule has 0 unspecified atom stereocenters. The summed E-state index contributed by atoms with van der Waals surface area (Å²) in [6.45, 7) is 2.61. The van der Waals surface area contributed by atoms with Gasteiger partial charge in [0.2, 0.25) is 0 Å². The Morgan fingerprint density at radius 2 is 1.69 bits per heavy atom. The molecule has 2 heterocycles. The molecular weight excluding hydrogens is 402 g/mol. The number of para-hydroxylation sites is 2. The highest BCUT2D eigenvalue weighted by Crippen LogP contribution is 2.35. The number of rotatable bonds is 4. The largest absolute Gasteiger partial charge is 0.495 e. The second kappa shape index (κ2) is 8.72. The summed E-state index contributed by atoms with van der Waals surface area (Å²) in [7, 11) is 1.55. The number of pyridine rings is 1. The number of benzene rings is 2. The summed E-state index contributed by atoms with van der Waals surface area (Å²) in [5.74, 6) is 0.257. The average Bonchev–Trinajstić information content (AvgIpc) is 2.84. The molecule has 4 rings (SSSR count). The van der Waals surface area contributed by atoms with Crippen LogP contribution in [0.2, 0.25) is 0 Å². The van der Waals surface area contributed by atoms with Crippen molar-refractivity contribution in [1.82, 2.24) is 9.47 Å². The first-order chi connectivity index (χ1) is 15.5. The Labute approximate surface area is 187 Å². The Morgan fingerprint density at radius 3 is 2.34 bits per heavy atom. The zero-order chi connectivity index (χ0) is 22.7. The lowest BCUT2D eigenvalue weighted by Crippen LogP contribution is -2.46. The highest BCUT2D eigenvalue weighted by Gasteiger charge is 2.38. The molecule has 0 atom stereocenters. The molecule has 1 saturated heterocycles. The number of aromatic nitrogens is 1. The Kier molecular flexibility index (Phi) is 5.83. The van der Waals surface area contributed by atoms with E-state index in [0.29, 0.717) is 42.9 Å². The Bertz CT molecular complexity index is 1230. The quantitative estimate of drug-likeness (QED) is 0.634. The summed E-state index contributed by atoms with van der Waals surface area (Å²) >= 11 is 0. The van der Waals surface area contributed by atoms with Gasteiger partial charge in [-0.25, -0.2) is 0 Å². The van der Waals surface area contributed by atoms with Crippen molar-refractivity contribution in [3.05, 3.63) is 93.9 Å². The maximum atomic E-state index is 13.4. The monoisotopic (exact) mass is 427 g/mol. The van der Waals surface area contributed by atoms with Gasteiger partial charge in [-0.15, -0.1) is 0 Å². The van der Waals surface area contributed by atoms with Crippen LogP contribution in [0.4, 0.5) is 0 Å². The van der Waals surface area contributed by atoms with Gasteiger partial charge < -0.3 is 9.64 Å². The van der Waals surface area contributed by atoms with Crippen molar-refractivity contribution in [2.45, 2.75) is 25.2 Å². The van der Waals surface area contributed by atoms with Crippen LogP contribution in [0, 0.1) is 18.3 Å². The molecule has 1 aliphatic rings. The second-order valence-corrected chi connectivity index (χ2v) is 8.07. The molecule has 0 aliphatic carbocycles. The van der Waals surface area contributed by atoms with Gasteiger partial charge in [0, 0.05) is 19.3 Å². The van der Waals surface area contributed by atoms with Crippen LogP contribution < -0.4 is 10.3 Å². The standard InChI is InChI=1S/C26H25N3O3/c1-19-12-15-29(21-10-6-7-11-22(21)32-2)25(31)23(19)24(30)28-16-13-26(18-27,14-17-28)20-8-4-3-5-9-20/h3-12,15H,13-14,16-17H2,1-2H3. The van der Waals surface area contributed by atoms with E-state index in [1.54, 1.807) is 43.3 Å². The SMILES string of the molecule is COc1ccccc1-n1ccc(C)c(C(=O)N2CCC(C#N)(c3ccccc3)CC2)c1=O. The number of hydrogen-bond donors (Lipinski definition) is 0. The molecule has 2 aromatic carbocycles. The summed E-state index contributed by atoms with van der Waals surface area (Å²) in [5, 5.41) is 9.92. The van der Waals surface area contributed by atoms with Gasteiger partial charge in [-0.05, 0) is 49.1 Å². The van der Waals surface area contributed by atoms with Crippen LogP contribution in [0.5, 0.6) is 5.75 Å². The fraction of sp³-hybridized carbons (Fsp3) is 0.269. The highest BCUT2D eigenvalue weighted by atomic mass is 16.5. The molecule has 32 heavy (non-hydrogen) atoms. The molecule has 0 spiro atoms. The molecule has 0 radical (unpaired) electrons. The van der Waals surface area contributed by atoms with Crippen molar-refractivity contribution in [2.24, 2.45) is 0 Å². The lowest BCUT2D eigenvalue weighted by molar-refractivity contribution is 0.0689. The molecule has 1 aromatic heterocycles. The molecule has 0 bridgehead atoms. The maximum absolute atomic E-state index is 13.4. The number of amides is 1. The van der Waals surface area contributed by atoms with E-state index in [4.69, 9.17) is 4.74 Å². The fourth-order valence-corrected chi connectivity index (χ4v) is 4.38. The first-order valence-electron chi connectivity index (χ1n) is 10.6. The summed E-state index contributed by atoms with van der Waals surface area (Å²) in [4.78, 5) is 28.5. The van der Waals surface area contributed by atoms with E-state index in [-0.39, 0.29) is 17.0 Å². The van der Waals surface area contributed by atoms with E-state index < -0.39 is 5.41 Å². The van der Waals surface area contributed by atoms with Gasteiger partial charge in [-0.1, -0.05) is 42.5 Å². The summed E-state index contributed by atoms with van der Waals surface area (Å²) in [6, 6.07) is 21.2. The first-order valence-corrected chi connectivity index (χ1v) is 10.6. The van der Waals surface area contributed by atoms with Crippen molar-refractivity contribution < 1.29 is 9.53 Å². The van der Waals surface area contributed by atoms with Crippen LogP contribution in [-0.4, -0.2) is 35.6 Å². The smallest absolute Gasteiger partial charge is 0.268 e. The van der Waals surface area contributed by atoms with Crippen LogP contribution in [0.1, 0.15) is 34.3 Å². The number of carbonyl (C=O) groups excluding carboxylic acids is 1. The van der Waals surface area contributed by atoms with Crippen LogP contribution >= 0.6 is 0 Å². The van der Waals surface area contributed by atoms with Gasteiger partial charge in [0.1, 0.15) is 11.3 Å². The molecule has 0 N–H and O–H groups in total. The summed E-state index contributed by atoms with van der Waals surface area (Å²) in [5.41, 5.74) is 1.36. The first kappa shape index (κ1) is 21.4. The summed E-state index contributed by atoms with van der Waals surface area (Å²) in [6.07, 6.45) is 2.73. The minimum absolute atomic E-state index is 0.155. The normalized spacial score (nSPS) is 15.1. The van der Waals surface area contributed by atoms with Crippen molar-refractivity contribution in [3.63, 3.8) is 0 Å². The Balaban J connectivity index is 1.64. The Hall–Kier alpha value is -3.85. The molecule has 6 heteroatoms. The number of likely N-dealkylation sites (tertiary alicyclic amines) is 1. The lowest BCUT2D eigenvalue weighted by Gasteiger charge is -2.37. The van der Waals surface area contributed by atoms with E-state index >= 15 is 0 Å². The third-order valence-corrected chi connectivity index (χ3v) is 6.30. The second-order valence-electron chi connectivity index (χ2n) is 8.07. The topological polar surface area (TPSA) is 75.3 Å². The predicted octanol–water partition coefficient (Wildman–Crippen LogP) is 3.85. The van der Waals surface area contributed by atoms with E-state index in [2.05, 4.69) is 6.07 Å². The number of aryl methyl sites for hydroxylation is 1. The molecule has 3 aromatic rings. The number of nitriles is 1. The molecule has 0 saturated carbocycles. The minimum Gasteiger partial charge on any atom is -0.495 e. The van der Waals surface area contributed by atoms with Gasteiger partial charge in [0.25, 0.3) is 11.5 Å². The number of hydrogen-bond acceptors (Lipinski definition) is 4. The van der Waals surface area contributed by atoms with Crippen LogP contribution in [0.15, 0.2) is 71.7 Å². The van der Waals surface area contributed by atoms with Gasteiger partial charge >= 0.3 is 0 Å². The molecule has 1 amide bonds. The summed E-state index contributed by atoms with van der Waals surface area (Å²) < 4.78 is 6.84. The van der Waals surface area contributed by atoms with E-state index in [1.165, 1.54) is 4.57 Å². The van der Waals surface area contributed by atoms with E-state index in [1.807, 2.05) is 42.5 Å². The average molecular weight is 428 g/mol. The Morgan fingerprint density at radius 1 is 1.03 bits per heavy atom. The van der Waals surface area contributed by atoms with Gasteiger partial charge in [0.15, 0.2) is 0 Å². The van der Waals surface area contributed by atoms with Crippen molar-refractivity contribution in [1.29, 1.82) is 5.26 Å². The number of ether oxygens (including phenoxy) is 1. The van der Waals surface area contributed by atoms with Crippen LogP contribution in [0.25, 0.3) is 5.69 Å². The number of nitrogens with zero attached hydrogens (tertiary/aromatic N) is 3. The van der Waals surface area contributed by atoms with Crippen molar-refractivity contribution in [2.75, 3.05) is 20.2 Å². The fourth-order valence-electron chi connectivity index (χ4n) is 4.38. The van der Waals surface area contributed by atoms with Gasteiger partial charge in [0.05, 0.1) is 24.3 Å². The van der Waals surface area contributed by atoms with Gasteiger partial charge in [-0.3, -0.25) is 14.2 Å². The third kappa shape index (κ3) is 3.67. The van der Waals surface area contributed by atoms with Crippen LogP contribution in [0.3, 0.4) is 0 Å². The number of methoxy groups -OCH3 is 1. The van der Waals surface area contributed by atoms with Crippen molar-refractivity contribution in [3.8, 4) is 17.5 Å². The maximum Gasteiger partial charge on any atom is 0.268 e. The molecule has 1 aliphatic heterocycles. The molecule has 1 fully saturated rings. The third-order valence-electron chi connectivity index (χ3n) is 6.30. The molecular formula is C26H25N3O3. The lowest BCUT2D eigenvalue weighted by atomic mass is 9.74. The molecule has 162 valence electrons. The minimum atomic E-state index is -0.610. The van der Waals surface area contributed by atoms with Crippen molar-refractivity contribution >= 4 is 5.91 Å². The number of carbonyl (C=O) groups is 1. The zero-order valence-corrected chi connectivity index (χ0v) is 18.2. The van der Waals surface area contributed by atoms with Gasteiger partial charge in [-0.2, -0.15) is 5.26 Å². The van der Waals surface area contributed by atoms with Crippen LogP contribution in [-0.2, 0) is 5.41 Å². The van der Waals surface area contributed by atoms with E-state index in [0.717, 1.165) is 5.56 Å². The molecule has 6 nitrogen and oxygen atoms in total. The predicted molar refractivity (Wildman–Crippen MR) is 122 cm³/mol.